The van der Waals surface area contributed by atoms with Crippen molar-refractivity contribution in [1.82, 2.24) is 10.3 Å². The monoisotopic (exact) mass is 428 g/mol. The lowest BCUT2D eigenvalue weighted by Gasteiger charge is -2.17. The molecule has 31 heavy (non-hydrogen) atoms. The molecule has 3 N–H and O–H groups in total. The van der Waals surface area contributed by atoms with E-state index < -0.39 is 12.1 Å². The number of amides is 2. The smallest absolute Gasteiger partial charge is 0.320 e. The van der Waals surface area contributed by atoms with E-state index in [1.807, 2.05) is 42.5 Å². The van der Waals surface area contributed by atoms with Crippen LogP contribution >= 0.6 is 11.3 Å². The van der Waals surface area contributed by atoms with Crippen LogP contribution in [0.2, 0.25) is 0 Å². The average molecular weight is 429 g/mol. The van der Waals surface area contributed by atoms with E-state index in [4.69, 9.17) is 13.0 Å². The SMILES string of the molecule is [C-]#[N+]C1(c2cccc(-c3ccc([C@H](CO)NC(=O)Nc4csc(C#C)n4)cc3)c2)CC1. The predicted octanol–water partition coefficient (Wildman–Crippen LogP) is 4.55. The molecule has 1 fully saturated rings. The van der Waals surface area contributed by atoms with Crippen LogP contribution in [0, 0.1) is 18.9 Å². The van der Waals surface area contributed by atoms with E-state index in [9.17, 15) is 9.90 Å². The first-order valence-corrected chi connectivity index (χ1v) is 10.6. The van der Waals surface area contributed by atoms with Crippen molar-refractivity contribution in [3.05, 3.63) is 81.5 Å². The molecule has 1 atom stereocenters. The molecule has 4 rings (SSSR count). The molecule has 3 aromatic rings. The Bertz CT molecular complexity index is 1180. The molecule has 1 aromatic heterocycles. The maximum Gasteiger partial charge on any atom is 0.320 e. The summed E-state index contributed by atoms with van der Waals surface area (Å²) in [6.07, 6.45) is 7.11. The molecular weight excluding hydrogens is 408 g/mol. The molecule has 0 bridgehead atoms. The van der Waals surface area contributed by atoms with Crippen molar-refractivity contribution in [2.24, 2.45) is 0 Å². The average Bonchev–Trinajstić information content (AvgIpc) is 3.49. The summed E-state index contributed by atoms with van der Waals surface area (Å²) >= 11 is 1.26. The molecular formula is C24H20N4O2S. The summed E-state index contributed by atoms with van der Waals surface area (Å²) in [6, 6.07) is 14.7. The number of benzene rings is 2. The number of rotatable bonds is 6. The van der Waals surface area contributed by atoms with Gasteiger partial charge in [-0.1, -0.05) is 42.5 Å². The highest BCUT2D eigenvalue weighted by Gasteiger charge is 2.52. The summed E-state index contributed by atoms with van der Waals surface area (Å²) < 4.78 is 0. The first-order chi connectivity index (χ1) is 15.1. The maximum atomic E-state index is 12.3. The van der Waals surface area contributed by atoms with Crippen molar-refractivity contribution in [3.8, 4) is 23.5 Å². The number of hydrogen-bond acceptors (Lipinski definition) is 4. The minimum absolute atomic E-state index is 0.248. The van der Waals surface area contributed by atoms with E-state index in [-0.39, 0.29) is 12.1 Å². The van der Waals surface area contributed by atoms with Crippen molar-refractivity contribution in [1.29, 1.82) is 0 Å². The number of carbonyl (C=O) groups is 1. The maximum absolute atomic E-state index is 12.3. The van der Waals surface area contributed by atoms with Crippen molar-refractivity contribution < 1.29 is 9.90 Å². The summed E-state index contributed by atoms with van der Waals surface area (Å²) in [4.78, 5) is 20.2. The van der Waals surface area contributed by atoms with Gasteiger partial charge in [0, 0.05) is 23.8 Å². The Morgan fingerprint density at radius 1 is 1.29 bits per heavy atom. The Morgan fingerprint density at radius 3 is 2.68 bits per heavy atom. The molecule has 1 aliphatic carbocycles. The van der Waals surface area contributed by atoms with Gasteiger partial charge in [0.1, 0.15) is 5.82 Å². The van der Waals surface area contributed by atoms with Gasteiger partial charge in [-0.15, -0.1) is 17.8 Å². The third-order valence-corrected chi connectivity index (χ3v) is 6.11. The van der Waals surface area contributed by atoms with Gasteiger partial charge in [-0.25, -0.2) is 16.4 Å². The Balaban J connectivity index is 1.45. The molecule has 1 aliphatic rings. The van der Waals surface area contributed by atoms with Gasteiger partial charge in [-0.3, -0.25) is 5.32 Å². The lowest BCUT2D eigenvalue weighted by atomic mass is 9.97. The van der Waals surface area contributed by atoms with E-state index in [1.165, 1.54) is 11.3 Å². The van der Waals surface area contributed by atoms with Crippen LogP contribution in [-0.2, 0) is 5.54 Å². The van der Waals surface area contributed by atoms with E-state index in [0.717, 1.165) is 35.1 Å². The third-order valence-electron chi connectivity index (χ3n) is 5.34. The Labute approximate surface area is 184 Å². The molecule has 1 saturated carbocycles. The van der Waals surface area contributed by atoms with Gasteiger partial charge in [0.2, 0.25) is 0 Å². The second-order valence-corrected chi connectivity index (χ2v) is 8.22. The Hall–Kier alpha value is -3.65. The number of urea groups is 1. The van der Waals surface area contributed by atoms with Gasteiger partial charge < -0.3 is 15.3 Å². The fraction of sp³-hybridized carbons (Fsp3) is 0.208. The number of nitrogens with zero attached hydrogens (tertiary/aromatic N) is 2. The summed E-state index contributed by atoms with van der Waals surface area (Å²) in [6.45, 7) is 7.22. The standard InChI is InChI=1S/C24H20N4O2S/c1-3-22-27-21(15-31-22)28-23(30)26-20(14-29)17-9-7-16(8-10-17)18-5-4-6-19(13-18)24(25-2)11-12-24/h1,4-10,13,15,20,29H,11-12,14H2,(H2,26,28,30)/t20-/m0/s1. The molecule has 0 spiro atoms. The van der Waals surface area contributed by atoms with Crippen LogP contribution in [0.1, 0.15) is 35.0 Å². The highest BCUT2D eigenvalue weighted by molar-refractivity contribution is 7.10. The van der Waals surface area contributed by atoms with Crippen LogP contribution in [0.5, 0.6) is 0 Å². The lowest BCUT2D eigenvalue weighted by Crippen LogP contribution is -2.34. The number of aromatic nitrogens is 1. The molecule has 0 radical (unpaired) electrons. The number of aliphatic hydroxyl groups is 1. The van der Waals surface area contributed by atoms with Gasteiger partial charge >= 0.3 is 6.03 Å². The fourth-order valence-corrected chi connectivity index (χ4v) is 3.98. The van der Waals surface area contributed by atoms with Crippen LogP contribution < -0.4 is 10.6 Å². The number of aliphatic hydroxyl groups excluding tert-OH is 1. The molecule has 0 aliphatic heterocycles. The molecule has 0 unspecified atom stereocenters. The van der Waals surface area contributed by atoms with Gasteiger partial charge in [0.25, 0.3) is 5.54 Å². The van der Waals surface area contributed by atoms with Crippen molar-refractivity contribution >= 4 is 23.2 Å². The van der Waals surface area contributed by atoms with Crippen molar-refractivity contribution in [2.75, 3.05) is 11.9 Å². The lowest BCUT2D eigenvalue weighted by molar-refractivity contribution is 0.225. The zero-order valence-electron chi connectivity index (χ0n) is 16.6. The number of terminal acetylenes is 1. The van der Waals surface area contributed by atoms with E-state index >= 15 is 0 Å². The van der Waals surface area contributed by atoms with Gasteiger partial charge in [0.15, 0.2) is 5.01 Å². The number of hydrogen-bond donors (Lipinski definition) is 3. The molecule has 2 aromatic carbocycles. The summed E-state index contributed by atoms with van der Waals surface area (Å²) in [5.74, 6) is 2.79. The molecule has 0 saturated heterocycles. The topological polar surface area (TPSA) is 78.6 Å². The quantitative estimate of drug-likeness (QED) is 0.398. The van der Waals surface area contributed by atoms with Crippen LogP contribution in [0.25, 0.3) is 16.0 Å². The number of nitrogens with one attached hydrogen (secondary N) is 2. The van der Waals surface area contributed by atoms with E-state index in [1.54, 1.807) is 5.38 Å². The van der Waals surface area contributed by atoms with Gasteiger partial charge in [-0.05, 0) is 28.7 Å². The molecule has 2 amide bonds. The largest absolute Gasteiger partial charge is 0.394 e. The predicted molar refractivity (Wildman–Crippen MR) is 121 cm³/mol. The first kappa shape index (κ1) is 20.6. The first-order valence-electron chi connectivity index (χ1n) is 9.77. The molecule has 154 valence electrons. The van der Waals surface area contributed by atoms with Crippen LogP contribution in [-0.4, -0.2) is 22.7 Å². The van der Waals surface area contributed by atoms with Crippen molar-refractivity contribution in [3.63, 3.8) is 0 Å². The van der Waals surface area contributed by atoms with Gasteiger partial charge in [0.05, 0.1) is 12.6 Å². The van der Waals surface area contributed by atoms with Crippen LogP contribution in [0.4, 0.5) is 10.6 Å². The Morgan fingerprint density at radius 2 is 2.06 bits per heavy atom. The fourth-order valence-electron chi connectivity index (χ4n) is 3.42. The van der Waals surface area contributed by atoms with Gasteiger partial charge in [-0.2, -0.15) is 0 Å². The summed E-state index contributed by atoms with van der Waals surface area (Å²) in [5, 5.41) is 17.3. The number of anilines is 1. The highest BCUT2D eigenvalue weighted by atomic mass is 32.1. The molecule has 6 nitrogen and oxygen atoms in total. The normalized spacial score (nSPS) is 14.7. The van der Waals surface area contributed by atoms with E-state index in [0.29, 0.717) is 10.8 Å². The third kappa shape index (κ3) is 4.44. The molecule has 7 heteroatoms. The second-order valence-electron chi connectivity index (χ2n) is 7.36. The zero-order chi connectivity index (χ0) is 21.8. The van der Waals surface area contributed by atoms with E-state index in [2.05, 4.69) is 32.4 Å². The Kier molecular flexibility index (Phi) is 5.73. The number of carbonyl (C=O) groups excluding carboxylic acids is 1. The summed E-state index contributed by atoms with van der Waals surface area (Å²) in [5.41, 5.74) is 3.55. The minimum Gasteiger partial charge on any atom is -0.394 e. The number of thiazole rings is 1. The second kappa shape index (κ2) is 8.61. The summed E-state index contributed by atoms with van der Waals surface area (Å²) in [7, 11) is 0. The van der Waals surface area contributed by atoms with Crippen LogP contribution in [0.15, 0.2) is 53.9 Å². The highest BCUT2D eigenvalue weighted by Crippen LogP contribution is 2.50. The minimum atomic E-state index is -0.567. The molecule has 1 heterocycles. The van der Waals surface area contributed by atoms with Crippen molar-refractivity contribution in [2.45, 2.75) is 24.4 Å². The van der Waals surface area contributed by atoms with Crippen LogP contribution in [0.3, 0.4) is 0 Å². The zero-order valence-corrected chi connectivity index (χ0v) is 17.4.